The average Bonchev–Trinajstić information content (AvgIpc) is 3.38. The van der Waals surface area contributed by atoms with E-state index in [0.717, 1.165) is 12.3 Å². The number of hydrogen-bond donors (Lipinski definition) is 0. The highest BCUT2D eigenvalue weighted by Gasteiger charge is 2.36. The Bertz CT molecular complexity index is 1260. The molecule has 156 valence electrons. The van der Waals surface area contributed by atoms with Gasteiger partial charge in [0.05, 0.1) is 4.92 Å². The number of alkyl halides is 3. The van der Waals surface area contributed by atoms with Crippen molar-refractivity contribution in [2.24, 2.45) is 0 Å². The topological polar surface area (TPSA) is 130 Å². The van der Waals surface area contributed by atoms with E-state index in [1.54, 1.807) is 0 Å². The van der Waals surface area contributed by atoms with Crippen LogP contribution in [0.1, 0.15) is 17.3 Å². The number of nitro groups is 1. The van der Waals surface area contributed by atoms with Crippen LogP contribution in [0.2, 0.25) is 5.02 Å². The molecule has 0 aliphatic rings. The van der Waals surface area contributed by atoms with Crippen molar-refractivity contribution in [3.8, 4) is 11.6 Å². The van der Waals surface area contributed by atoms with Crippen molar-refractivity contribution in [2.75, 3.05) is 0 Å². The van der Waals surface area contributed by atoms with Gasteiger partial charge in [0.2, 0.25) is 5.89 Å². The lowest BCUT2D eigenvalue weighted by molar-refractivity contribution is -0.385. The van der Waals surface area contributed by atoms with Crippen molar-refractivity contribution in [3.63, 3.8) is 0 Å². The van der Waals surface area contributed by atoms with Gasteiger partial charge < -0.3 is 4.42 Å². The molecule has 0 saturated carbocycles. The molecule has 4 heterocycles. The van der Waals surface area contributed by atoms with Crippen LogP contribution in [0.5, 0.6) is 0 Å². The van der Waals surface area contributed by atoms with E-state index >= 15 is 0 Å². The number of aryl methyl sites for hydroxylation is 3. The van der Waals surface area contributed by atoms with Crippen molar-refractivity contribution in [3.05, 3.63) is 50.9 Å². The molecule has 0 unspecified atom stereocenters. The molecule has 0 atom stereocenters. The van der Waals surface area contributed by atoms with Gasteiger partial charge >= 0.3 is 11.9 Å². The molecule has 11 nitrogen and oxygen atoms in total. The number of nitrogens with zero attached hydrogens (tertiary/aromatic N) is 8. The van der Waals surface area contributed by atoms with Gasteiger partial charge in [0, 0.05) is 18.7 Å². The van der Waals surface area contributed by atoms with Gasteiger partial charge in [0.25, 0.3) is 5.89 Å². The largest absolute Gasteiger partial charge is 0.433 e. The first-order valence-electron chi connectivity index (χ1n) is 8.26. The molecule has 0 fully saturated rings. The Morgan fingerprint density at radius 2 is 2.10 bits per heavy atom. The van der Waals surface area contributed by atoms with Gasteiger partial charge in [-0.25, -0.2) is 9.50 Å². The van der Waals surface area contributed by atoms with E-state index in [0.29, 0.717) is 4.52 Å². The number of fused-ring (bicyclic) bond motifs is 1. The molecule has 0 aliphatic carbocycles. The Morgan fingerprint density at radius 1 is 1.33 bits per heavy atom. The van der Waals surface area contributed by atoms with E-state index in [4.69, 9.17) is 16.0 Å². The molecule has 0 bridgehead atoms. The fourth-order valence-electron chi connectivity index (χ4n) is 2.68. The molecular weight excluding hydrogens is 433 g/mol. The fraction of sp³-hybridized carbons (Fsp3) is 0.267. The normalized spacial score (nSPS) is 12.0. The molecule has 0 aliphatic heterocycles. The van der Waals surface area contributed by atoms with Crippen LogP contribution in [0.3, 0.4) is 0 Å². The monoisotopic (exact) mass is 442 g/mol. The van der Waals surface area contributed by atoms with Crippen LogP contribution >= 0.6 is 11.6 Å². The lowest BCUT2D eigenvalue weighted by atomic mass is 10.3. The summed E-state index contributed by atoms with van der Waals surface area (Å²) in [5.41, 5.74) is -1.43. The molecule has 30 heavy (non-hydrogen) atoms. The summed E-state index contributed by atoms with van der Waals surface area (Å²) in [5.74, 6) is -0.0609. The second-order valence-corrected chi connectivity index (χ2v) is 6.53. The molecule has 0 spiro atoms. The van der Waals surface area contributed by atoms with Crippen LogP contribution in [0.4, 0.5) is 18.9 Å². The summed E-state index contributed by atoms with van der Waals surface area (Å²) in [5, 5.41) is 25.8. The van der Waals surface area contributed by atoms with Gasteiger partial charge in [-0.3, -0.25) is 14.8 Å². The number of hydrogen-bond acceptors (Lipinski definition) is 8. The molecule has 0 aromatic carbocycles. The van der Waals surface area contributed by atoms with E-state index in [-0.39, 0.29) is 52.5 Å². The standard InChI is InChI=1S/C15H10ClF3N8O3/c1-7-4-9(15(17,18)19)26-13(21-7)11(16)12(24-26)14-23-22-10(30-14)2-3-25-6-8(5-20-25)27(28)29/h4-6H,2-3H2,1H3. The third kappa shape index (κ3) is 3.56. The quantitative estimate of drug-likeness (QED) is 0.340. The fourth-order valence-corrected chi connectivity index (χ4v) is 2.92. The highest BCUT2D eigenvalue weighted by Crippen LogP contribution is 2.35. The first-order valence-corrected chi connectivity index (χ1v) is 8.64. The third-order valence-corrected chi connectivity index (χ3v) is 4.35. The molecule has 4 aromatic rings. The van der Waals surface area contributed by atoms with Crippen molar-refractivity contribution < 1.29 is 22.5 Å². The van der Waals surface area contributed by atoms with Crippen LogP contribution in [-0.4, -0.2) is 39.5 Å². The second-order valence-electron chi connectivity index (χ2n) is 6.15. The van der Waals surface area contributed by atoms with E-state index in [2.05, 4.69) is 25.4 Å². The summed E-state index contributed by atoms with van der Waals surface area (Å²) in [7, 11) is 0. The van der Waals surface area contributed by atoms with Crippen LogP contribution in [-0.2, 0) is 19.1 Å². The van der Waals surface area contributed by atoms with Gasteiger partial charge in [0.15, 0.2) is 11.3 Å². The molecule has 0 radical (unpaired) electrons. The molecular formula is C15H10ClF3N8O3. The molecule has 0 saturated heterocycles. The van der Waals surface area contributed by atoms with E-state index < -0.39 is 16.8 Å². The summed E-state index contributed by atoms with van der Waals surface area (Å²) < 4.78 is 47.3. The average molecular weight is 443 g/mol. The predicted molar refractivity (Wildman–Crippen MR) is 93.6 cm³/mol. The summed E-state index contributed by atoms with van der Waals surface area (Å²) in [6.45, 7) is 1.61. The maximum Gasteiger partial charge on any atom is 0.433 e. The predicted octanol–water partition coefficient (Wildman–Crippen LogP) is 3.11. The van der Waals surface area contributed by atoms with Crippen LogP contribution < -0.4 is 0 Å². The Balaban J connectivity index is 1.62. The summed E-state index contributed by atoms with van der Waals surface area (Å²) in [6, 6.07) is 0.850. The highest BCUT2D eigenvalue weighted by molar-refractivity contribution is 6.35. The van der Waals surface area contributed by atoms with E-state index in [1.807, 2.05) is 0 Å². The lowest BCUT2D eigenvalue weighted by Crippen LogP contribution is -2.13. The Labute approximate surface area is 169 Å². The molecule has 4 rings (SSSR count). The minimum Gasteiger partial charge on any atom is -0.419 e. The minimum atomic E-state index is -4.68. The second kappa shape index (κ2) is 7.05. The minimum absolute atomic E-state index is 0.114. The third-order valence-electron chi connectivity index (χ3n) is 4.01. The molecule has 0 N–H and O–H groups in total. The van der Waals surface area contributed by atoms with Crippen molar-refractivity contribution in [1.29, 1.82) is 0 Å². The van der Waals surface area contributed by atoms with E-state index in [1.165, 1.54) is 17.8 Å². The zero-order valence-corrected chi connectivity index (χ0v) is 15.7. The van der Waals surface area contributed by atoms with Gasteiger partial charge in [-0.05, 0) is 13.0 Å². The van der Waals surface area contributed by atoms with Crippen molar-refractivity contribution in [2.45, 2.75) is 26.1 Å². The van der Waals surface area contributed by atoms with Crippen molar-refractivity contribution in [1.82, 2.24) is 34.6 Å². The smallest absolute Gasteiger partial charge is 0.419 e. The van der Waals surface area contributed by atoms with Gasteiger partial charge in [0.1, 0.15) is 23.1 Å². The zero-order valence-electron chi connectivity index (χ0n) is 15.0. The van der Waals surface area contributed by atoms with Gasteiger partial charge in [-0.2, -0.15) is 23.4 Å². The molecule has 4 aromatic heterocycles. The summed E-state index contributed by atoms with van der Waals surface area (Å²) in [6.07, 6.45) is -2.17. The lowest BCUT2D eigenvalue weighted by Gasteiger charge is -2.09. The summed E-state index contributed by atoms with van der Waals surface area (Å²) in [4.78, 5) is 14.1. The van der Waals surface area contributed by atoms with Crippen molar-refractivity contribution >= 4 is 22.9 Å². The van der Waals surface area contributed by atoms with E-state index in [9.17, 15) is 23.3 Å². The zero-order chi connectivity index (χ0) is 21.6. The van der Waals surface area contributed by atoms with Gasteiger partial charge in [-0.1, -0.05) is 11.6 Å². The Hall–Kier alpha value is -3.55. The first-order chi connectivity index (χ1) is 14.1. The SMILES string of the molecule is Cc1cc(C(F)(F)F)n2nc(-c3nnc(CCn4cc([N+](=O)[O-])cn4)o3)c(Cl)c2n1. The molecule has 0 amide bonds. The molecule has 15 heteroatoms. The Kier molecular flexibility index (Phi) is 4.64. The first kappa shape index (κ1) is 19.8. The van der Waals surface area contributed by atoms with Crippen LogP contribution in [0.25, 0.3) is 17.2 Å². The maximum absolute atomic E-state index is 13.3. The number of aromatic nitrogens is 7. The summed E-state index contributed by atoms with van der Waals surface area (Å²) >= 11 is 6.18. The van der Waals surface area contributed by atoms with Crippen LogP contribution in [0.15, 0.2) is 22.9 Å². The number of rotatable bonds is 5. The van der Waals surface area contributed by atoms with Crippen LogP contribution in [0, 0.1) is 17.0 Å². The highest BCUT2D eigenvalue weighted by atomic mass is 35.5. The Morgan fingerprint density at radius 3 is 2.77 bits per heavy atom. The van der Waals surface area contributed by atoms with Gasteiger partial charge in [-0.15, -0.1) is 10.2 Å². The maximum atomic E-state index is 13.3. The number of halogens is 4.